The summed E-state index contributed by atoms with van der Waals surface area (Å²) in [5.41, 5.74) is 1.10. The minimum atomic E-state index is 0.103. The van der Waals surface area contributed by atoms with Gasteiger partial charge in [0.1, 0.15) is 6.33 Å². The molecule has 1 aliphatic rings. The van der Waals surface area contributed by atoms with Gasteiger partial charge in [-0.15, -0.1) is 0 Å². The molecule has 1 amide bonds. The number of nitrogens with one attached hydrogen (secondary N) is 1. The topological polar surface area (TPSA) is 58.1 Å². The van der Waals surface area contributed by atoms with E-state index in [1.807, 2.05) is 31.1 Å². The first kappa shape index (κ1) is 13.9. The Bertz CT molecular complexity index is 399. The Balaban J connectivity index is 1.73. The molecule has 1 saturated heterocycles. The van der Waals surface area contributed by atoms with Gasteiger partial charge in [0.05, 0.1) is 0 Å². The van der Waals surface area contributed by atoms with Crippen molar-refractivity contribution in [1.82, 2.24) is 20.2 Å². The van der Waals surface area contributed by atoms with Crippen LogP contribution in [0.5, 0.6) is 0 Å². The summed E-state index contributed by atoms with van der Waals surface area (Å²) in [6.45, 7) is 6.44. The number of piperidine rings is 1. The Labute approximate surface area is 114 Å². The minimum absolute atomic E-state index is 0.103. The molecule has 0 atom stereocenters. The molecule has 0 aliphatic carbocycles. The highest BCUT2D eigenvalue weighted by molar-refractivity contribution is 5.78. The first-order valence-corrected chi connectivity index (χ1v) is 6.93. The second-order valence-corrected chi connectivity index (χ2v) is 5.38. The lowest BCUT2D eigenvalue weighted by Crippen LogP contribution is -2.45. The van der Waals surface area contributed by atoms with Crippen molar-refractivity contribution in [3.63, 3.8) is 0 Å². The van der Waals surface area contributed by atoms with Gasteiger partial charge in [0.25, 0.3) is 0 Å². The Kier molecular flexibility index (Phi) is 4.85. The predicted molar refractivity (Wildman–Crippen MR) is 73.3 cm³/mol. The standard InChI is InChI=1S/C14H22N4O/c1-11(2)14(19)18-5-3-13(4-6-18)17-9-12-7-15-10-16-8-12/h7-8,10-11,13,17H,3-6,9H2,1-2H3. The van der Waals surface area contributed by atoms with Gasteiger partial charge in [-0.3, -0.25) is 4.79 Å². The molecule has 1 aliphatic heterocycles. The summed E-state index contributed by atoms with van der Waals surface area (Å²) in [4.78, 5) is 21.9. The summed E-state index contributed by atoms with van der Waals surface area (Å²) >= 11 is 0. The first-order valence-electron chi connectivity index (χ1n) is 6.93. The third-order valence-corrected chi connectivity index (χ3v) is 3.51. The van der Waals surface area contributed by atoms with Gasteiger partial charge in [-0.1, -0.05) is 13.8 Å². The molecule has 1 aromatic heterocycles. The summed E-state index contributed by atoms with van der Waals surface area (Å²) < 4.78 is 0. The van der Waals surface area contributed by atoms with Crippen LogP contribution in [-0.4, -0.2) is 39.9 Å². The van der Waals surface area contributed by atoms with Crippen molar-refractivity contribution < 1.29 is 4.79 Å². The van der Waals surface area contributed by atoms with E-state index in [0.29, 0.717) is 6.04 Å². The van der Waals surface area contributed by atoms with E-state index in [9.17, 15) is 4.79 Å². The Morgan fingerprint density at radius 3 is 2.58 bits per heavy atom. The molecule has 5 nitrogen and oxygen atoms in total. The Morgan fingerprint density at radius 2 is 2.00 bits per heavy atom. The van der Waals surface area contributed by atoms with Crippen molar-refractivity contribution in [2.45, 2.75) is 39.3 Å². The molecule has 2 heterocycles. The van der Waals surface area contributed by atoms with E-state index < -0.39 is 0 Å². The highest BCUT2D eigenvalue weighted by Gasteiger charge is 2.23. The van der Waals surface area contributed by atoms with E-state index >= 15 is 0 Å². The summed E-state index contributed by atoms with van der Waals surface area (Å²) in [5, 5.41) is 3.51. The van der Waals surface area contributed by atoms with Crippen molar-refractivity contribution in [3.8, 4) is 0 Å². The largest absolute Gasteiger partial charge is 0.342 e. The summed E-state index contributed by atoms with van der Waals surface area (Å²) in [6, 6.07) is 0.483. The van der Waals surface area contributed by atoms with Crippen LogP contribution in [0.4, 0.5) is 0 Å². The van der Waals surface area contributed by atoms with Crippen LogP contribution in [0.3, 0.4) is 0 Å². The summed E-state index contributed by atoms with van der Waals surface area (Å²) in [6.07, 6.45) is 7.24. The lowest BCUT2D eigenvalue weighted by Gasteiger charge is -2.33. The lowest BCUT2D eigenvalue weighted by molar-refractivity contribution is -0.135. The maximum atomic E-state index is 11.9. The van der Waals surface area contributed by atoms with Crippen LogP contribution in [0.15, 0.2) is 18.7 Å². The number of likely N-dealkylation sites (tertiary alicyclic amines) is 1. The van der Waals surface area contributed by atoms with E-state index in [1.165, 1.54) is 0 Å². The second-order valence-electron chi connectivity index (χ2n) is 5.38. The number of rotatable bonds is 4. The fourth-order valence-electron chi connectivity index (χ4n) is 2.35. The molecule has 19 heavy (non-hydrogen) atoms. The maximum Gasteiger partial charge on any atom is 0.225 e. The molecule has 1 aromatic rings. The molecular formula is C14H22N4O. The van der Waals surface area contributed by atoms with Gasteiger partial charge in [0.15, 0.2) is 0 Å². The van der Waals surface area contributed by atoms with Crippen LogP contribution in [0.2, 0.25) is 0 Å². The van der Waals surface area contributed by atoms with E-state index in [1.54, 1.807) is 6.33 Å². The average molecular weight is 262 g/mol. The summed E-state index contributed by atoms with van der Waals surface area (Å²) in [5.74, 6) is 0.376. The molecule has 1 fully saturated rings. The molecule has 0 unspecified atom stereocenters. The van der Waals surface area contributed by atoms with Crippen molar-refractivity contribution in [2.24, 2.45) is 5.92 Å². The molecule has 2 rings (SSSR count). The highest BCUT2D eigenvalue weighted by Crippen LogP contribution is 2.13. The SMILES string of the molecule is CC(C)C(=O)N1CCC(NCc2cncnc2)CC1. The number of carbonyl (C=O) groups excluding carboxylic acids is 1. The molecule has 1 N–H and O–H groups in total. The molecule has 104 valence electrons. The fourth-order valence-corrected chi connectivity index (χ4v) is 2.35. The number of hydrogen-bond donors (Lipinski definition) is 1. The van der Waals surface area contributed by atoms with Gasteiger partial charge in [0, 0.05) is 49.6 Å². The molecule has 5 heteroatoms. The average Bonchev–Trinajstić information content (AvgIpc) is 2.46. The fraction of sp³-hybridized carbons (Fsp3) is 0.643. The number of amides is 1. The highest BCUT2D eigenvalue weighted by atomic mass is 16.2. The van der Waals surface area contributed by atoms with Crippen molar-refractivity contribution in [1.29, 1.82) is 0 Å². The van der Waals surface area contributed by atoms with Gasteiger partial charge in [-0.2, -0.15) is 0 Å². The van der Waals surface area contributed by atoms with Crippen molar-refractivity contribution in [3.05, 3.63) is 24.3 Å². The van der Waals surface area contributed by atoms with Crippen LogP contribution in [0.25, 0.3) is 0 Å². The predicted octanol–water partition coefficient (Wildman–Crippen LogP) is 1.21. The zero-order valence-corrected chi connectivity index (χ0v) is 11.7. The number of nitrogens with zero attached hydrogens (tertiary/aromatic N) is 3. The van der Waals surface area contributed by atoms with Crippen LogP contribution >= 0.6 is 0 Å². The molecule has 0 spiro atoms. The molecular weight excluding hydrogens is 240 g/mol. The number of aromatic nitrogens is 2. The van der Waals surface area contributed by atoms with Crippen molar-refractivity contribution in [2.75, 3.05) is 13.1 Å². The van der Waals surface area contributed by atoms with Crippen LogP contribution < -0.4 is 5.32 Å². The van der Waals surface area contributed by atoms with E-state index in [0.717, 1.165) is 38.0 Å². The Morgan fingerprint density at radius 1 is 1.37 bits per heavy atom. The molecule has 0 radical (unpaired) electrons. The number of hydrogen-bond acceptors (Lipinski definition) is 4. The van der Waals surface area contributed by atoms with E-state index in [-0.39, 0.29) is 11.8 Å². The molecule has 0 saturated carbocycles. The second kappa shape index (κ2) is 6.61. The summed E-state index contributed by atoms with van der Waals surface area (Å²) in [7, 11) is 0. The lowest BCUT2D eigenvalue weighted by atomic mass is 10.0. The Hall–Kier alpha value is -1.49. The smallest absolute Gasteiger partial charge is 0.225 e. The van der Waals surface area contributed by atoms with Gasteiger partial charge in [0.2, 0.25) is 5.91 Å². The number of carbonyl (C=O) groups is 1. The monoisotopic (exact) mass is 262 g/mol. The van der Waals surface area contributed by atoms with Crippen molar-refractivity contribution >= 4 is 5.91 Å². The third-order valence-electron chi connectivity index (χ3n) is 3.51. The van der Waals surface area contributed by atoms with Gasteiger partial charge in [-0.25, -0.2) is 9.97 Å². The first-order chi connectivity index (χ1) is 9.16. The van der Waals surface area contributed by atoms with Crippen LogP contribution in [0, 0.1) is 5.92 Å². The van der Waals surface area contributed by atoms with Gasteiger partial charge >= 0.3 is 0 Å². The zero-order chi connectivity index (χ0) is 13.7. The molecule has 0 bridgehead atoms. The van der Waals surface area contributed by atoms with Gasteiger partial charge in [-0.05, 0) is 12.8 Å². The maximum absolute atomic E-state index is 11.9. The van der Waals surface area contributed by atoms with Crippen LogP contribution in [-0.2, 0) is 11.3 Å². The normalized spacial score (nSPS) is 16.9. The zero-order valence-electron chi connectivity index (χ0n) is 11.7. The van der Waals surface area contributed by atoms with Crippen LogP contribution in [0.1, 0.15) is 32.3 Å². The quantitative estimate of drug-likeness (QED) is 0.886. The third kappa shape index (κ3) is 3.99. The minimum Gasteiger partial charge on any atom is -0.342 e. The molecule has 0 aromatic carbocycles. The van der Waals surface area contributed by atoms with Gasteiger partial charge < -0.3 is 10.2 Å². The van der Waals surface area contributed by atoms with E-state index in [2.05, 4.69) is 15.3 Å². The van der Waals surface area contributed by atoms with E-state index in [4.69, 9.17) is 0 Å².